The minimum absolute atomic E-state index is 0.264. The van der Waals surface area contributed by atoms with Gasteiger partial charge in [-0.05, 0) is 56.2 Å². The van der Waals surface area contributed by atoms with Crippen LogP contribution in [0, 0.1) is 0 Å². The van der Waals surface area contributed by atoms with Gasteiger partial charge in [0.2, 0.25) is 11.7 Å². The van der Waals surface area contributed by atoms with Gasteiger partial charge < -0.3 is 15.0 Å². The van der Waals surface area contributed by atoms with Crippen molar-refractivity contribution in [2.45, 2.75) is 52.2 Å². The molecule has 0 saturated carbocycles. The Bertz CT molecular complexity index is 1920. The van der Waals surface area contributed by atoms with E-state index in [1.807, 2.05) is 32.9 Å². The number of ether oxygens (including phenoxy) is 1. The maximum Gasteiger partial charge on any atom is 0.410 e. The zero-order chi connectivity index (χ0) is 30.0. The van der Waals surface area contributed by atoms with E-state index < -0.39 is 11.2 Å². The summed E-state index contributed by atoms with van der Waals surface area (Å²) in [5, 5.41) is 4.15. The molecule has 2 aromatic carbocycles. The first-order chi connectivity index (χ1) is 19.8. The Balaban J connectivity index is 1.37. The molecule has 0 fully saturated rings. The summed E-state index contributed by atoms with van der Waals surface area (Å²) in [5.41, 5.74) is 2.37. The summed E-state index contributed by atoms with van der Waals surface area (Å²) in [6, 6.07) is 11.0. The van der Waals surface area contributed by atoms with Crippen molar-refractivity contribution < 1.29 is 9.53 Å². The van der Waals surface area contributed by atoms with Crippen LogP contribution in [0.2, 0.25) is 10.0 Å². The lowest BCUT2D eigenvalue weighted by Gasteiger charge is -2.40. The number of aromatic nitrogens is 5. The van der Waals surface area contributed by atoms with Crippen LogP contribution in [0.25, 0.3) is 22.5 Å². The molecule has 0 spiro atoms. The van der Waals surface area contributed by atoms with Crippen LogP contribution >= 0.6 is 23.2 Å². The van der Waals surface area contributed by atoms with Crippen molar-refractivity contribution in [2.75, 3.05) is 11.9 Å². The number of anilines is 2. The van der Waals surface area contributed by atoms with Crippen molar-refractivity contribution >= 4 is 57.7 Å². The SMILES string of the molecule is CC(C)(C)OC(=O)N1Cc2cc(Nc3ncc4c(=O)n(-c5c(Cl)cccc5Cl)c5nccn5c4n3)ccc2C(C)(C)C1. The van der Waals surface area contributed by atoms with Crippen molar-refractivity contribution in [1.29, 1.82) is 0 Å². The zero-order valence-electron chi connectivity index (χ0n) is 23.8. The van der Waals surface area contributed by atoms with Gasteiger partial charge in [-0.25, -0.2) is 19.3 Å². The van der Waals surface area contributed by atoms with Crippen LogP contribution in [0.5, 0.6) is 0 Å². The van der Waals surface area contributed by atoms with E-state index in [-0.39, 0.29) is 16.9 Å². The maximum absolute atomic E-state index is 13.7. The van der Waals surface area contributed by atoms with Gasteiger partial charge in [-0.3, -0.25) is 9.20 Å². The molecule has 0 bridgehead atoms. The number of para-hydroxylation sites is 1. The Morgan fingerprint density at radius 1 is 1.10 bits per heavy atom. The summed E-state index contributed by atoms with van der Waals surface area (Å²) >= 11 is 12.9. The Labute approximate surface area is 251 Å². The van der Waals surface area contributed by atoms with Gasteiger partial charge in [0, 0.05) is 42.8 Å². The molecule has 1 amide bonds. The van der Waals surface area contributed by atoms with Gasteiger partial charge in [0.05, 0.1) is 15.7 Å². The summed E-state index contributed by atoms with van der Waals surface area (Å²) in [5.74, 6) is 0.606. The number of hydrogen-bond donors (Lipinski definition) is 1. The fourth-order valence-electron chi connectivity index (χ4n) is 5.38. The largest absolute Gasteiger partial charge is 0.444 e. The van der Waals surface area contributed by atoms with Crippen molar-refractivity contribution in [3.63, 3.8) is 0 Å². The van der Waals surface area contributed by atoms with Gasteiger partial charge in [0.25, 0.3) is 5.56 Å². The quantitative estimate of drug-likeness (QED) is 0.250. The Hall–Kier alpha value is -4.15. The van der Waals surface area contributed by atoms with Crippen LogP contribution in [0.3, 0.4) is 0 Å². The molecule has 0 saturated heterocycles. The van der Waals surface area contributed by atoms with Crippen molar-refractivity contribution in [3.05, 3.63) is 86.5 Å². The van der Waals surface area contributed by atoms with E-state index in [2.05, 4.69) is 40.2 Å². The molecule has 0 atom stereocenters. The average molecular weight is 607 g/mol. The third-order valence-corrected chi connectivity index (χ3v) is 7.71. The van der Waals surface area contributed by atoms with E-state index in [0.717, 1.165) is 16.8 Å². The molecule has 42 heavy (non-hydrogen) atoms. The normalized spacial score (nSPS) is 14.7. The number of nitrogens with zero attached hydrogens (tertiary/aromatic N) is 6. The van der Waals surface area contributed by atoms with Gasteiger partial charge in [-0.15, -0.1) is 0 Å². The summed E-state index contributed by atoms with van der Waals surface area (Å²) < 4.78 is 8.70. The van der Waals surface area contributed by atoms with E-state index in [1.54, 1.807) is 39.9 Å². The van der Waals surface area contributed by atoms with Crippen molar-refractivity contribution in [3.8, 4) is 5.69 Å². The highest BCUT2D eigenvalue weighted by atomic mass is 35.5. The molecule has 12 heteroatoms. The van der Waals surface area contributed by atoms with Gasteiger partial charge in [-0.2, -0.15) is 4.98 Å². The zero-order valence-corrected chi connectivity index (χ0v) is 25.3. The number of halogens is 2. The average Bonchev–Trinajstić information content (AvgIpc) is 3.38. The molecule has 4 heterocycles. The van der Waals surface area contributed by atoms with E-state index in [0.29, 0.717) is 46.2 Å². The third kappa shape index (κ3) is 4.94. The molecule has 1 N–H and O–H groups in total. The first kappa shape index (κ1) is 28.0. The predicted octanol–water partition coefficient (Wildman–Crippen LogP) is 6.51. The van der Waals surface area contributed by atoms with Crippen LogP contribution < -0.4 is 10.9 Å². The van der Waals surface area contributed by atoms with Crippen LogP contribution in [0.15, 0.2) is 59.8 Å². The number of imidazole rings is 1. The molecule has 0 unspecified atom stereocenters. The number of carbonyl (C=O) groups excluding carboxylic acids is 1. The molecule has 1 aliphatic heterocycles. The second-order valence-electron chi connectivity index (χ2n) is 12.0. The second-order valence-corrected chi connectivity index (χ2v) is 12.8. The van der Waals surface area contributed by atoms with Crippen molar-refractivity contribution in [1.82, 2.24) is 28.8 Å². The number of fused-ring (bicyclic) bond motifs is 4. The molecule has 10 nitrogen and oxygen atoms in total. The molecular formula is C30H29Cl2N7O3. The predicted molar refractivity (Wildman–Crippen MR) is 163 cm³/mol. The van der Waals surface area contributed by atoms with Gasteiger partial charge >= 0.3 is 6.09 Å². The Morgan fingerprint density at radius 3 is 2.55 bits per heavy atom. The third-order valence-electron chi connectivity index (χ3n) is 7.10. The highest BCUT2D eigenvalue weighted by Crippen LogP contribution is 2.36. The van der Waals surface area contributed by atoms with E-state index in [9.17, 15) is 9.59 Å². The van der Waals surface area contributed by atoms with Gasteiger partial charge in [0.1, 0.15) is 11.0 Å². The number of hydrogen-bond acceptors (Lipinski definition) is 7. The highest BCUT2D eigenvalue weighted by molar-refractivity contribution is 6.37. The molecule has 3 aromatic heterocycles. The first-order valence-corrected chi connectivity index (χ1v) is 14.2. The fourth-order valence-corrected chi connectivity index (χ4v) is 5.95. The second kappa shape index (κ2) is 9.99. The Kier molecular flexibility index (Phi) is 6.66. The lowest BCUT2D eigenvalue weighted by atomic mass is 9.78. The summed E-state index contributed by atoms with van der Waals surface area (Å²) in [6.07, 6.45) is 4.41. The molecule has 0 aliphatic carbocycles. The lowest BCUT2D eigenvalue weighted by Crippen LogP contribution is -2.46. The topological polar surface area (TPSA) is 107 Å². The molecular weight excluding hydrogens is 577 g/mol. The smallest absolute Gasteiger partial charge is 0.410 e. The van der Waals surface area contributed by atoms with E-state index in [4.69, 9.17) is 27.9 Å². The number of rotatable bonds is 3. The van der Waals surface area contributed by atoms with Gasteiger partial charge in [-0.1, -0.05) is 49.2 Å². The standard InChI is InChI=1S/C30H29Cl2N7O3/c1-29(2,3)42-28(41)37-15-17-13-18(9-10-20(17)30(4,5)16-37)35-26-34-14-19-24(36-26)38-12-11-33-27(38)39(25(19)40)23-21(31)7-6-8-22(23)32/h6-14H,15-16H2,1-5H3,(H,34,35,36). The van der Waals surface area contributed by atoms with Crippen LogP contribution in [0.1, 0.15) is 45.7 Å². The van der Waals surface area contributed by atoms with Crippen LogP contribution in [-0.4, -0.2) is 47.1 Å². The van der Waals surface area contributed by atoms with E-state index >= 15 is 0 Å². The summed E-state index contributed by atoms with van der Waals surface area (Å²) in [7, 11) is 0. The lowest BCUT2D eigenvalue weighted by molar-refractivity contribution is 0.0174. The van der Waals surface area contributed by atoms with E-state index in [1.165, 1.54) is 10.8 Å². The summed E-state index contributed by atoms with van der Waals surface area (Å²) in [4.78, 5) is 41.8. The minimum Gasteiger partial charge on any atom is -0.444 e. The molecule has 6 rings (SSSR count). The maximum atomic E-state index is 13.7. The number of nitrogens with one attached hydrogen (secondary N) is 1. The molecule has 1 aliphatic rings. The molecule has 5 aromatic rings. The number of benzene rings is 2. The number of amides is 1. The van der Waals surface area contributed by atoms with Crippen LogP contribution in [0.4, 0.5) is 16.4 Å². The van der Waals surface area contributed by atoms with Crippen LogP contribution in [-0.2, 0) is 16.7 Å². The monoisotopic (exact) mass is 605 g/mol. The minimum atomic E-state index is -0.582. The molecule has 0 radical (unpaired) electrons. The van der Waals surface area contributed by atoms with Crippen molar-refractivity contribution in [2.24, 2.45) is 0 Å². The first-order valence-electron chi connectivity index (χ1n) is 13.4. The number of carbonyl (C=O) groups is 1. The fraction of sp³-hybridized carbons (Fsp3) is 0.300. The summed E-state index contributed by atoms with van der Waals surface area (Å²) in [6.45, 7) is 10.8. The highest BCUT2D eigenvalue weighted by Gasteiger charge is 2.35. The van der Waals surface area contributed by atoms with Gasteiger partial charge in [0.15, 0.2) is 5.65 Å². The molecule has 216 valence electrons. The Morgan fingerprint density at radius 2 is 1.83 bits per heavy atom.